The van der Waals surface area contributed by atoms with Gasteiger partial charge in [0.25, 0.3) is 0 Å². The molecule has 0 radical (unpaired) electrons. The van der Waals surface area contributed by atoms with Gasteiger partial charge in [0, 0.05) is 0 Å². The lowest BCUT2D eigenvalue weighted by atomic mass is 10.3. The van der Waals surface area contributed by atoms with E-state index in [9.17, 15) is 9.59 Å². The summed E-state index contributed by atoms with van der Waals surface area (Å²) in [6, 6.07) is 5.54. The van der Waals surface area contributed by atoms with Gasteiger partial charge < -0.3 is 0 Å². The number of hydrogen-bond donors (Lipinski definition) is 4. The molecule has 0 spiro atoms. The van der Waals surface area contributed by atoms with Gasteiger partial charge in [0.05, 0.1) is 41.5 Å². The summed E-state index contributed by atoms with van der Waals surface area (Å²) in [6.45, 7) is 0. The van der Waals surface area contributed by atoms with E-state index in [1.165, 1.54) is 24.3 Å². The topological polar surface area (TPSA) is 82.3 Å². The average Bonchev–Trinajstić information content (AvgIpc) is 2.58. The maximum Gasteiger partial charge on any atom is 0.329 e. The summed E-state index contributed by atoms with van der Waals surface area (Å²) in [5.74, 6) is -2.04. The van der Waals surface area contributed by atoms with Crippen molar-refractivity contribution < 1.29 is 9.59 Å². The molecule has 0 bridgehead atoms. The molecular weight excluding hydrogens is 469 g/mol. The van der Waals surface area contributed by atoms with Crippen LogP contribution in [0.2, 0.25) is 30.1 Å². The number of benzene rings is 2. The van der Waals surface area contributed by atoms with Crippen LogP contribution < -0.4 is 21.7 Å². The quantitative estimate of drug-likeness (QED) is 0.278. The normalized spacial score (nSPS) is 10.2. The van der Waals surface area contributed by atoms with Gasteiger partial charge >= 0.3 is 11.8 Å². The van der Waals surface area contributed by atoms with E-state index < -0.39 is 11.8 Å². The molecule has 0 saturated carbocycles. The Morgan fingerprint density at radius 2 is 0.846 bits per heavy atom. The average molecular weight is 477 g/mol. The van der Waals surface area contributed by atoms with E-state index in [-0.39, 0.29) is 41.5 Å². The first kappa shape index (κ1) is 21.0. The van der Waals surface area contributed by atoms with E-state index in [0.717, 1.165) is 0 Å². The summed E-state index contributed by atoms with van der Waals surface area (Å²) >= 11 is 35.2. The highest BCUT2D eigenvalue weighted by molar-refractivity contribution is 6.45. The van der Waals surface area contributed by atoms with E-state index >= 15 is 0 Å². The zero-order chi connectivity index (χ0) is 19.4. The fraction of sp³-hybridized carbons (Fsp3) is 0. The van der Waals surface area contributed by atoms with Crippen molar-refractivity contribution in [3.05, 3.63) is 54.4 Å². The summed E-state index contributed by atoms with van der Waals surface area (Å²) in [5, 5.41) is 1.31. The predicted molar refractivity (Wildman–Crippen MR) is 106 cm³/mol. The van der Waals surface area contributed by atoms with Gasteiger partial charge in [-0.2, -0.15) is 0 Å². The number of nitrogens with one attached hydrogen (secondary N) is 4. The van der Waals surface area contributed by atoms with Crippen molar-refractivity contribution in [1.82, 2.24) is 10.9 Å². The lowest BCUT2D eigenvalue weighted by Gasteiger charge is -2.13. The molecule has 0 aromatic heterocycles. The minimum absolute atomic E-state index is 0.195. The molecule has 0 saturated heterocycles. The van der Waals surface area contributed by atoms with Crippen LogP contribution in [-0.4, -0.2) is 11.8 Å². The highest BCUT2D eigenvalue weighted by Gasteiger charge is 2.15. The smallest absolute Gasteiger partial charge is 0.297 e. The molecule has 2 aromatic rings. The van der Waals surface area contributed by atoms with Crippen LogP contribution in [-0.2, 0) is 9.59 Å². The minimum atomic E-state index is -1.02. The van der Waals surface area contributed by atoms with Crippen molar-refractivity contribution >= 4 is 92.8 Å². The van der Waals surface area contributed by atoms with Gasteiger partial charge in [-0.15, -0.1) is 0 Å². The highest BCUT2D eigenvalue weighted by Crippen LogP contribution is 2.32. The Kier molecular flexibility index (Phi) is 7.34. The first-order valence-electron chi connectivity index (χ1n) is 6.60. The van der Waals surface area contributed by atoms with E-state index in [4.69, 9.17) is 69.6 Å². The second-order valence-electron chi connectivity index (χ2n) is 4.65. The summed E-state index contributed by atoms with van der Waals surface area (Å²) < 4.78 is 0. The first-order valence-corrected chi connectivity index (χ1v) is 8.87. The van der Waals surface area contributed by atoms with Crippen molar-refractivity contribution in [2.45, 2.75) is 0 Å². The third-order valence-corrected chi connectivity index (χ3v) is 4.92. The van der Waals surface area contributed by atoms with E-state index in [1.54, 1.807) is 0 Å². The number of halogens is 6. The van der Waals surface area contributed by atoms with Crippen molar-refractivity contribution in [3.63, 3.8) is 0 Å². The van der Waals surface area contributed by atoms with Crippen LogP contribution in [0.15, 0.2) is 24.3 Å². The molecule has 6 nitrogen and oxygen atoms in total. The van der Waals surface area contributed by atoms with Crippen LogP contribution in [0.4, 0.5) is 11.4 Å². The molecule has 0 aliphatic carbocycles. The molecule has 2 aromatic carbocycles. The maximum atomic E-state index is 11.8. The lowest BCUT2D eigenvalue weighted by Crippen LogP contribution is -2.44. The third-order valence-electron chi connectivity index (χ3n) is 2.85. The summed E-state index contributed by atoms with van der Waals surface area (Å²) in [5.41, 5.74) is 9.73. The second-order valence-corrected chi connectivity index (χ2v) is 7.09. The maximum absolute atomic E-state index is 11.8. The number of carbonyl (C=O) groups is 2. The summed E-state index contributed by atoms with van der Waals surface area (Å²) in [7, 11) is 0. The molecule has 4 N–H and O–H groups in total. The van der Waals surface area contributed by atoms with Gasteiger partial charge in [0.2, 0.25) is 0 Å². The second kappa shape index (κ2) is 9.08. The van der Waals surface area contributed by atoms with E-state index in [2.05, 4.69) is 21.7 Å². The van der Waals surface area contributed by atoms with Crippen LogP contribution >= 0.6 is 69.6 Å². The highest BCUT2D eigenvalue weighted by atomic mass is 35.5. The summed E-state index contributed by atoms with van der Waals surface area (Å²) in [6.07, 6.45) is 0. The van der Waals surface area contributed by atoms with E-state index in [1.807, 2.05) is 0 Å². The first-order chi connectivity index (χ1) is 12.2. The van der Waals surface area contributed by atoms with Gasteiger partial charge in [-0.1, -0.05) is 69.6 Å². The number of anilines is 2. The van der Waals surface area contributed by atoms with Crippen LogP contribution in [0.3, 0.4) is 0 Å². The number of amides is 2. The van der Waals surface area contributed by atoms with Crippen LogP contribution in [0.25, 0.3) is 0 Å². The Morgan fingerprint density at radius 3 is 1.19 bits per heavy atom. The van der Waals surface area contributed by atoms with Crippen LogP contribution in [0, 0.1) is 0 Å². The Bertz CT molecular complexity index is 806. The van der Waals surface area contributed by atoms with Crippen molar-refractivity contribution in [1.29, 1.82) is 0 Å². The van der Waals surface area contributed by atoms with Gasteiger partial charge in [-0.25, -0.2) is 0 Å². The number of hydrazine groups is 2. The zero-order valence-electron chi connectivity index (χ0n) is 12.4. The predicted octanol–water partition coefficient (Wildman–Crippen LogP) is 5.19. The van der Waals surface area contributed by atoms with Gasteiger partial charge in [0.1, 0.15) is 0 Å². The molecule has 2 amide bonds. The zero-order valence-corrected chi connectivity index (χ0v) is 16.9. The molecular formula is C14H8Cl6N4O2. The van der Waals surface area contributed by atoms with Crippen molar-refractivity contribution in [3.8, 4) is 0 Å². The van der Waals surface area contributed by atoms with Crippen LogP contribution in [0.1, 0.15) is 0 Å². The molecule has 0 unspecified atom stereocenters. The molecule has 2 rings (SSSR count). The van der Waals surface area contributed by atoms with Gasteiger partial charge in [-0.05, 0) is 24.3 Å². The largest absolute Gasteiger partial charge is 0.329 e. The molecule has 0 heterocycles. The molecule has 12 heteroatoms. The number of hydrogen-bond acceptors (Lipinski definition) is 4. The lowest BCUT2D eigenvalue weighted by molar-refractivity contribution is -0.138. The van der Waals surface area contributed by atoms with Gasteiger partial charge in [-0.3, -0.25) is 31.3 Å². The Balaban J connectivity index is 1.93. The minimum Gasteiger partial charge on any atom is -0.297 e. The number of rotatable bonds is 4. The molecule has 26 heavy (non-hydrogen) atoms. The molecule has 0 fully saturated rings. The number of carbonyl (C=O) groups excluding carboxylic acids is 2. The third kappa shape index (κ3) is 5.36. The SMILES string of the molecule is O=C(NNc1cc(Cl)c(Cl)cc1Cl)C(=O)NNc1cc(Cl)c(Cl)cc1Cl. The molecule has 138 valence electrons. The standard InChI is InChI=1S/C14H8Cl6N4O2/c15-5-1-9(19)11(3-7(5)17)21-23-13(25)14(26)24-22-12-4-8(18)6(16)2-10(12)20/h1-4,21-22H,(H,23,25)(H,24,26). The Labute approximate surface area is 178 Å². The monoisotopic (exact) mass is 474 g/mol. The summed E-state index contributed by atoms with van der Waals surface area (Å²) in [4.78, 5) is 23.6. The Hall–Kier alpha value is -1.28. The molecule has 0 atom stereocenters. The van der Waals surface area contributed by atoms with E-state index in [0.29, 0.717) is 0 Å². The van der Waals surface area contributed by atoms with Crippen molar-refractivity contribution in [2.24, 2.45) is 0 Å². The Morgan fingerprint density at radius 1 is 0.538 bits per heavy atom. The van der Waals surface area contributed by atoms with Crippen molar-refractivity contribution in [2.75, 3.05) is 10.9 Å². The molecule has 0 aliphatic rings. The van der Waals surface area contributed by atoms with Crippen LogP contribution in [0.5, 0.6) is 0 Å². The fourth-order valence-corrected chi connectivity index (χ4v) is 2.79. The fourth-order valence-electron chi connectivity index (χ4n) is 1.60. The van der Waals surface area contributed by atoms with Gasteiger partial charge in [0.15, 0.2) is 0 Å². The molecule has 0 aliphatic heterocycles.